The standard InChI is InChI=1S/C11H20N4OS/c1-7(2)5-11(4,6-12)13-10(16)9-8(3)14-15-17-9/h7H,5-6,12H2,1-4H3,(H,13,16). The second-order valence-corrected chi connectivity index (χ2v) is 5.76. The minimum Gasteiger partial charge on any atom is -0.345 e. The van der Waals surface area contributed by atoms with Gasteiger partial charge >= 0.3 is 0 Å². The molecule has 0 aliphatic rings. The lowest BCUT2D eigenvalue weighted by Gasteiger charge is -2.30. The lowest BCUT2D eigenvalue weighted by Crippen LogP contribution is -2.52. The van der Waals surface area contributed by atoms with Crippen molar-refractivity contribution >= 4 is 17.4 Å². The lowest BCUT2D eigenvalue weighted by atomic mass is 9.90. The molecule has 17 heavy (non-hydrogen) atoms. The Morgan fingerprint density at radius 1 is 1.59 bits per heavy atom. The van der Waals surface area contributed by atoms with E-state index in [1.165, 1.54) is 0 Å². The van der Waals surface area contributed by atoms with Gasteiger partial charge in [0.1, 0.15) is 4.88 Å². The third-order valence-electron chi connectivity index (χ3n) is 2.58. The molecule has 5 nitrogen and oxygen atoms in total. The zero-order chi connectivity index (χ0) is 13.1. The average Bonchev–Trinajstić information content (AvgIpc) is 2.63. The number of carbonyl (C=O) groups is 1. The van der Waals surface area contributed by atoms with Crippen LogP contribution in [0, 0.1) is 12.8 Å². The highest BCUT2D eigenvalue weighted by Crippen LogP contribution is 2.17. The highest BCUT2D eigenvalue weighted by atomic mass is 32.1. The lowest BCUT2D eigenvalue weighted by molar-refractivity contribution is 0.0901. The Labute approximate surface area is 106 Å². The summed E-state index contributed by atoms with van der Waals surface area (Å²) in [5, 5.41) is 6.82. The van der Waals surface area contributed by atoms with E-state index in [-0.39, 0.29) is 11.4 Å². The number of aromatic nitrogens is 2. The van der Waals surface area contributed by atoms with Crippen LogP contribution in [0.3, 0.4) is 0 Å². The summed E-state index contributed by atoms with van der Waals surface area (Å²) in [6, 6.07) is 0. The molecule has 96 valence electrons. The Bertz CT molecular complexity index is 391. The third kappa shape index (κ3) is 3.74. The molecule has 1 unspecified atom stereocenters. The van der Waals surface area contributed by atoms with Crippen molar-refractivity contribution in [3.05, 3.63) is 10.6 Å². The van der Waals surface area contributed by atoms with Gasteiger partial charge in [0.2, 0.25) is 0 Å². The largest absolute Gasteiger partial charge is 0.345 e. The summed E-state index contributed by atoms with van der Waals surface area (Å²) in [6.45, 7) is 8.39. The van der Waals surface area contributed by atoms with Crippen LogP contribution >= 0.6 is 11.5 Å². The van der Waals surface area contributed by atoms with Crippen molar-refractivity contribution in [1.82, 2.24) is 14.9 Å². The minimum absolute atomic E-state index is 0.133. The van der Waals surface area contributed by atoms with Gasteiger partial charge in [0.15, 0.2) is 0 Å². The Morgan fingerprint density at radius 3 is 2.65 bits per heavy atom. The fourth-order valence-corrected chi connectivity index (χ4v) is 2.41. The van der Waals surface area contributed by atoms with E-state index in [4.69, 9.17) is 5.73 Å². The summed E-state index contributed by atoms with van der Waals surface area (Å²) in [6.07, 6.45) is 0.848. The van der Waals surface area contributed by atoms with Gasteiger partial charge in [-0.15, -0.1) is 5.10 Å². The van der Waals surface area contributed by atoms with E-state index in [1.54, 1.807) is 6.92 Å². The van der Waals surface area contributed by atoms with E-state index in [2.05, 4.69) is 28.8 Å². The van der Waals surface area contributed by atoms with Crippen LogP contribution in [-0.4, -0.2) is 27.6 Å². The van der Waals surface area contributed by atoms with E-state index >= 15 is 0 Å². The monoisotopic (exact) mass is 256 g/mol. The first-order chi connectivity index (χ1) is 7.88. The second-order valence-electron chi connectivity index (χ2n) is 5.00. The third-order valence-corrected chi connectivity index (χ3v) is 3.41. The van der Waals surface area contributed by atoms with Gasteiger partial charge in [-0.2, -0.15) is 0 Å². The quantitative estimate of drug-likeness (QED) is 0.833. The summed E-state index contributed by atoms with van der Waals surface area (Å²) >= 11 is 1.11. The van der Waals surface area contributed by atoms with Gasteiger partial charge in [-0.3, -0.25) is 4.79 Å². The van der Waals surface area contributed by atoms with Crippen LogP contribution in [0.15, 0.2) is 0 Å². The number of carbonyl (C=O) groups excluding carboxylic acids is 1. The molecular weight excluding hydrogens is 236 g/mol. The van der Waals surface area contributed by atoms with E-state index < -0.39 is 0 Å². The molecule has 1 aromatic rings. The summed E-state index contributed by atoms with van der Waals surface area (Å²) in [4.78, 5) is 12.6. The maximum Gasteiger partial charge on any atom is 0.265 e. The minimum atomic E-state index is -0.373. The Morgan fingerprint density at radius 2 is 2.24 bits per heavy atom. The number of aryl methyl sites for hydroxylation is 1. The summed E-state index contributed by atoms with van der Waals surface area (Å²) in [5.41, 5.74) is 6.04. The maximum absolute atomic E-state index is 12.0. The molecule has 3 N–H and O–H groups in total. The second kappa shape index (κ2) is 5.55. The van der Waals surface area contributed by atoms with Crippen molar-refractivity contribution in [2.24, 2.45) is 11.7 Å². The van der Waals surface area contributed by atoms with Gasteiger partial charge in [-0.05, 0) is 37.7 Å². The van der Waals surface area contributed by atoms with Crippen molar-refractivity contribution in [3.63, 3.8) is 0 Å². The van der Waals surface area contributed by atoms with Crippen LogP contribution in [0.2, 0.25) is 0 Å². The van der Waals surface area contributed by atoms with Gasteiger partial charge < -0.3 is 11.1 Å². The zero-order valence-corrected chi connectivity index (χ0v) is 11.6. The Kier molecular flexibility index (Phi) is 4.59. The predicted molar refractivity (Wildman–Crippen MR) is 69.0 cm³/mol. The van der Waals surface area contributed by atoms with Gasteiger partial charge in [-0.25, -0.2) is 0 Å². The van der Waals surface area contributed by atoms with Crippen molar-refractivity contribution < 1.29 is 4.79 Å². The van der Waals surface area contributed by atoms with Crippen LogP contribution in [0.1, 0.15) is 42.6 Å². The molecule has 0 saturated carbocycles. The highest BCUT2D eigenvalue weighted by molar-refractivity contribution is 7.08. The summed E-state index contributed by atoms with van der Waals surface area (Å²) in [7, 11) is 0. The first kappa shape index (κ1) is 14.1. The Balaban J connectivity index is 2.75. The summed E-state index contributed by atoms with van der Waals surface area (Å²) < 4.78 is 3.76. The topological polar surface area (TPSA) is 80.9 Å². The van der Waals surface area contributed by atoms with Crippen LogP contribution in [-0.2, 0) is 0 Å². The molecule has 0 fully saturated rings. The van der Waals surface area contributed by atoms with Gasteiger partial charge in [0, 0.05) is 6.54 Å². The van der Waals surface area contributed by atoms with Crippen LogP contribution in [0.5, 0.6) is 0 Å². The molecular formula is C11H20N4OS. The number of nitrogens with one attached hydrogen (secondary N) is 1. The molecule has 1 amide bonds. The number of hydrogen-bond acceptors (Lipinski definition) is 5. The fourth-order valence-electron chi connectivity index (χ4n) is 1.86. The molecule has 1 aromatic heterocycles. The molecule has 6 heteroatoms. The number of amides is 1. The van der Waals surface area contributed by atoms with Crippen LogP contribution < -0.4 is 11.1 Å². The Hall–Kier alpha value is -1.01. The van der Waals surface area contributed by atoms with Crippen molar-refractivity contribution in [2.75, 3.05) is 6.54 Å². The van der Waals surface area contributed by atoms with Gasteiger partial charge in [-0.1, -0.05) is 18.3 Å². The highest BCUT2D eigenvalue weighted by Gasteiger charge is 2.27. The number of nitrogens with two attached hydrogens (primary N) is 1. The number of nitrogens with zero attached hydrogens (tertiary/aromatic N) is 2. The smallest absolute Gasteiger partial charge is 0.265 e. The molecule has 0 spiro atoms. The van der Waals surface area contributed by atoms with Gasteiger partial charge in [0.25, 0.3) is 5.91 Å². The first-order valence-electron chi connectivity index (χ1n) is 5.69. The molecule has 0 bridgehead atoms. The van der Waals surface area contributed by atoms with Crippen LogP contribution in [0.4, 0.5) is 0 Å². The molecule has 1 rings (SSSR count). The molecule has 0 saturated heterocycles. The molecule has 0 aromatic carbocycles. The van der Waals surface area contributed by atoms with E-state index in [9.17, 15) is 4.79 Å². The van der Waals surface area contributed by atoms with E-state index in [0.717, 1.165) is 18.0 Å². The van der Waals surface area contributed by atoms with E-state index in [0.29, 0.717) is 23.0 Å². The predicted octanol–water partition coefficient (Wildman–Crippen LogP) is 1.34. The molecule has 1 heterocycles. The molecule has 1 atom stereocenters. The SMILES string of the molecule is Cc1nnsc1C(=O)NC(C)(CN)CC(C)C. The maximum atomic E-state index is 12.0. The van der Waals surface area contributed by atoms with Crippen molar-refractivity contribution in [3.8, 4) is 0 Å². The molecule has 0 aliphatic carbocycles. The normalized spacial score (nSPS) is 14.7. The number of rotatable bonds is 5. The number of hydrogen-bond donors (Lipinski definition) is 2. The average molecular weight is 256 g/mol. The molecule has 0 aliphatic heterocycles. The van der Waals surface area contributed by atoms with Crippen molar-refractivity contribution in [2.45, 2.75) is 39.7 Å². The molecule has 0 radical (unpaired) electrons. The van der Waals surface area contributed by atoms with Crippen LogP contribution in [0.25, 0.3) is 0 Å². The fraction of sp³-hybridized carbons (Fsp3) is 0.727. The zero-order valence-electron chi connectivity index (χ0n) is 10.8. The van der Waals surface area contributed by atoms with Crippen molar-refractivity contribution in [1.29, 1.82) is 0 Å². The first-order valence-corrected chi connectivity index (χ1v) is 6.47. The van der Waals surface area contributed by atoms with Gasteiger partial charge in [0.05, 0.1) is 11.2 Å². The van der Waals surface area contributed by atoms with E-state index in [1.807, 2.05) is 6.92 Å². The summed E-state index contributed by atoms with van der Waals surface area (Å²) in [5.74, 6) is 0.343.